The lowest BCUT2D eigenvalue weighted by Crippen LogP contribution is -2.46. The molecule has 2 saturated heterocycles. The molecule has 0 N–H and O–H groups in total. The Bertz CT molecular complexity index is 556. The summed E-state index contributed by atoms with van der Waals surface area (Å²) in [6.45, 7) is 1.53. The Morgan fingerprint density at radius 3 is 2.75 bits per heavy atom. The van der Waals surface area contributed by atoms with E-state index in [4.69, 9.17) is 4.74 Å². The van der Waals surface area contributed by atoms with Crippen LogP contribution in [0.15, 0.2) is 24.3 Å². The minimum atomic E-state index is -0.159. The van der Waals surface area contributed by atoms with Crippen molar-refractivity contribution in [1.29, 1.82) is 0 Å². The molecule has 2 bridgehead atoms. The first-order chi connectivity index (χ1) is 9.66. The molecular weight excluding hydrogens is 250 g/mol. The molecule has 1 aliphatic carbocycles. The standard InChI is InChI=1S/C17H21NO2/c1-10(19)20-17-13-6-4-3-5-12(13)14-9-11-7-8-15(16(14)17)18(11)2/h3-6,11,14-17H,7-9H2,1-2H3/t11?,14-,15?,16+,17+/m1/s1. The molecule has 0 radical (unpaired) electrons. The van der Waals surface area contributed by atoms with Gasteiger partial charge in [0.2, 0.25) is 0 Å². The van der Waals surface area contributed by atoms with Gasteiger partial charge in [0.25, 0.3) is 0 Å². The first kappa shape index (κ1) is 12.4. The van der Waals surface area contributed by atoms with Crippen molar-refractivity contribution in [3.05, 3.63) is 35.4 Å². The second kappa shape index (κ2) is 4.32. The van der Waals surface area contributed by atoms with Crippen LogP contribution >= 0.6 is 0 Å². The van der Waals surface area contributed by atoms with Gasteiger partial charge in [0.05, 0.1) is 0 Å². The molecule has 0 saturated carbocycles. The molecule has 3 aliphatic rings. The lowest BCUT2D eigenvalue weighted by atomic mass is 9.80. The van der Waals surface area contributed by atoms with Gasteiger partial charge in [0, 0.05) is 24.9 Å². The fourth-order valence-electron chi connectivity index (χ4n) is 4.89. The second-order valence-electron chi connectivity index (χ2n) is 6.54. The molecule has 20 heavy (non-hydrogen) atoms. The van der Waals surface area contributed by atoms with Crippen LogP contribution in [0.25, 0.3) is 0 Å². The van der Waals surface area contributed by atoms with E-state index in [0.717, 1.165) is 0 Å². The first-order valence-electron chi connectivity index (χ1n) is 7.65. The van der Waals surface area contributed by atoms with E-state index in [1.807, 2.05) is 0 Å². The Labute approximate surface area is 119 Å². The Balaban J connectivity index is 1.79. The van der Waals surface area contributed by atoms with Crippen molar-refractivity contribution in [1.82, 2.24) is 4.90 Å². The lowest BCUT2D eigenvalue weighted by Gasteiger charge is -2.41. The highest BCUT2D eigenvalue weighted by Gasteiger charge is 2.54. The van der Waals surface area contributed by atoms with Crippen LogP contribution in [0, 0.1) is 5.92 Å². The maximum Gasteiger partial charge on any atom is 0.303 e. The summed E-state index contributed by atoms with van der Waals surface area (Å²) in [5.74, 6) is 0.859. The number of piperidine rings is 1. The highest BCUT2D eigenvalue weighted by Crippen LogP contribution is 2.57. The quantitative estimate of drug-likeness (QED) is 0.736. The molecular formula is C17H21NO2. The van der Waals surface area contributed by atoms with Crippen LogP contribution in [0.2, 0.25) is 0 Å². The molecule has 1 aromatic rings. The molecule has 2 unspecified atom stereocenters. The summed E-state index contributed by atoms with van der Waals surface area (Å²) in [6, 6.07) is 9.85. The van der Waals surface area contributed by atoms with Crippen LogP contribution < -0.4 is 0 Å². The molecule has 3 heteroatoms. The zero-order valence-electron chi connectivity index (χ0n) is 12.1. The van der Waals surface area contributed by atoms with Crippen LogP contribution in [-0.4, -0.2) is 30.0 Å². The minimum absolute atomic E-state index is 0.0415. The number of hydrogen-bond donors (Lipinski definition) is 0. The number of carbonyl (C=O) groups excluding carboxylic acids is 1. The molecule has 4 rings (SSSR count). The third-order valence-corrected chi connectivity index (χ3v) is 5.67. The van der Waals surface area contributed by atoms with Crippen LogP contribution in [0.1, 0.15) is 49.3 Å². The zero-order valence-corrected chi connectivity index (χ0v) is 12.1. The van der Waals surface area contributed by atoms with Gasteiger partial charge in [-0.2, -0.15) is 0 Å². The van der Waals surface area contributed by atoms with Gasteiger partial charge >= 0.3 is 5.97 Å². The molecule has 0 amide bonds. The van der Waals surface area contributed by atoms with E-state index in [1.165, 1.54) is 37.3 Å². The first-order valence-corrected chi connectivity index (χ1v) is 7.65. The molecule has 1 aromatic carbocycles. The summed E-state index contributed by atoms with van der Waals surface area (Å²) < 4.78 is 5.74. The number of esters is 1. The topological polar surface area (TPSA) is 29.5 Å². The summed E-state index contributed by atoms with van der Waals surface area (Å²) >= 11 is 0. The van der Waals surface area contributed by atoms with Crippen LogP contribution in [0.3, 0.4) is 0 Å². The van der Waals surface area contributed by atoms with Crippen LogP contribution in [-0.2, 0) is 9.53 Å². The molecule has 2 aliphatic heterocycles. The summed E-state index contributed by atoms with van der Waals surface area (Å²) in [7, 11) is 2.24. The van der Waals surface area contributed by atoms with Crippen LogP contribution in [0.4, 0.5) is 0 Å². The van der Waals surface area contributed by atoms with Gasteiger partial charge in [-0.1, -0.05) is 24.3 Å². The number of ether oxygens (including phenoxy) is 1. The van der Waals surface area contributed by atoms with Gasteiger partial charge in [-0.05, 0) is 43.4 Å². The fourth-order valence-corrected chi connectivity index (χ4v) is 4.89. The Hall–Kier alpha value is -1.35. The normalized spacial score (nSPS) is 38.4. The average molecular weight is 271 g/mol. The molecule has 0 aromatic heterocycles. The molecule has 3 nitrogen and oxygen atoms in total. The van der Waals surface area contributed by atoms with E-state index >= 15 is 0 Å². The molecule has 5 atom stereocenters. The zero-order chi connectivity index (χ0) is 13.9. The van der Waals surface area contributed by atoms with Crippen molar-refractivity contribution in [3.8, 4) is 0 Å². The van der Waals surface area contributed by atoms with Gasteiger partial charge in [-0.25, -0.2) is 0 Å². The number of carbonyl (C=O) groups is 1. The molecule has 0 spiro atoms. The van der Waals surface area contributed by atoms with Crippen molar-refractivity contribution in [2.75, 3.05) is 7.05 Å². The van der Waals surface area contributed by atoms with Crippen molar-refractivity contribution in [2.24, 2.45) is 5.92 Å². The predicted molar refractivity (Wildman–Crippen MR) is 76.4 cm³/mol. The van der Waals surface area contributed by atoms with Crippen molar-refractivity contribution >= 4 is 5.97 Å². The van der Waals surface area contributed by atoms with E-state index in [9.17, 15) is 4.79 Å². The summed E-state index contributed by atoms with van der Waals surface area (Å²) in [6.07, 6.45) is 3.71. The van der Waals surface area contributed by atoms with E-state index in [0.29, 0.717) is 23.9 Å². The van der Waals surface area contributed by atoms with Gasteiger partial charge in [0.1, 0.15) is 6.10 Å². The van der Waals surface area contributed by atoms with Crippen molar-refractivity contribution < 1.29 is 9.53 Å². The average Bonchev–Trinajstić information content (AvgIpc) is 2.84. The Morgan fingerprint density at radius 1 is 1.25 bits per heavy atom. The third kappa shape index (κ3) is 1.59. The fraction of sp³-hybridized carbons (Fsp3) is 0.588. The Morgan fingerprint density at radius 2 is 2.00 bits per heavy atom. The van der Waals surface area contributed by atoms with Gasteiger partial charge < -0.3 is 4.74 Å². The van der Waals surface area contributed by atoms with Crippen molar-refractivity contribution in [2.45, 2.75) is 50.3 Å². The monoisotopic (exact) mass is 271 g/mol. The second-order valence-corrected chi connectivity index (χ2v) is 6.54. The summed E-state index contributed by atoms with van der Waals surface area (Å²) in [5.41, 5.74) is 2.67. The third-order valence-electron chi connectivity index (χ3n) is 5.67. The number of nitrogens with zero attached hydrogens (tertiary/aromatic N) is 1. The highest BCUT2D eigenvalue weighted by molar-refractivity contribution is 5.66. The molecule has 106 valence electrons. The number of hydrogen-bond acceptors (Lipinski definition) is 3. The molecule has 2 fully saturated rings. The SMILES string of the molecule is CC(=O)O[C@H]1c2ccccc2[C@H]2CC3CCC([C@H]21)N3C. The van der Waals surface area contributed by atoms with E-state index in [2.05, 4.69) is 36.2 Å². The van der Waals surface area contributed by atoms with E-state index < -0.39 is 0 Å². The minimum Gasteiger partial charge on any atom is -0.457 e. The van der Waals surface area contributed by atoms with Crippen molar-refractivity contribution in [3.63, 3.8) is 0 Å². The van der Waals surface area contributed by atoms with Gasteiger partial charge in [0.15, 0.2) is 0 Å². The summed E-state index contributed by atoms with van der Waals surface area (Å²) in [4.78, 5) is 14.1. The lowest BCUT2D eigenvalue weighted by molar-refractivity contribution is -0.151. The highest BCUT2D eigenvalue weighted by atomic mass is 16.5. The van der Waals surface area contributed by atoms with Crippen LogP contribution in [0.5, 0.6) is 0 Å². The summed E-state index contributed by atoms with van der Waals surface area (Å²) in [5, 5.41) is 0. The number of benzene rings is 1. The smallest absolute Gasteiger partial charge is 0.303 e. The van der Waals surface area contributed by atoms with Gasteiger partial charge in [-0.3, -0.25) is 9.69 Å². The largest absolute Gasteiger partial charge is 0.457 e. The number of fused-ring (bicyclic) bond motifs is 6. The maximum atomic E-state index is 11.5. The number of rotatable bonds is 1. The predicted octanol–water partition coefficient (Wildman–Crippen LogP) is 2.87. The van der Waals surface area contributed by atoms with E-state index in [-0.39, 0.29) is 12.1 Å². The maximum absolute atomic E-state index is 11.5. The molecule has 2 heterocycles. The van der Waals surface area contributed by atoms with Gasteiger partial charge in [-0.15, -0.1) is 0 Å². The Kier molecular flexibility index (Phi) is 2.68. The van der Waals surface area contributed by atoms with E-state index in [1.54, 1.807) is 0 Å².